The van der Waals surface area contributed by atoms with Crippen molar-refractivity contribution < 1.29 is 24.1 Å². The Morgan fingerprint density at radius 3 is 1.58 bits per heavy atom. The quantitative estimate of drug-likeness (QED) is 0.367. The highest BCUT2D eigenvalue weighted by atomic mass is 32.2. The standard InChI is InChI=1S/C24H36O5S2/c1-23(2,17-25)15-5-7-18-9-11-20(30(18)28)13-14-21-12-10-19(31(21)29)8-6-16-24(3,4)22(26)27/h9-12,25H,5-8,13-17H2,1-4H3,(H,26,27). The van der Waals surface area contributed by atoms with Crippen LogP contribution in [0.25, 0.3) is 0 Å². The van der Waals surface area contributed by atoms with Crippen LogP contribution in [0.5, 0.6) is 0 Å². The van der Waals surface area contributed by atoms with Crippen molar-refractivity contribution in [1.82, 2.24) is 0 Å². The van der Waals surface area contributed by atoms with E-state index in [-0.39, 0.29) is 12.0 Å². The summed E-state index contributed by atoms with van der Waals surface area (Å²) in [5.74, 6) is -0.809. The summed E-state index contributed by atoms with van der Waals surface area (Å²) in [6, 6.07) is 7.68. The van der Waals surface area contributed by atoms with E-state index < -0.39 is 32.9 Å². The second kappa shape index (κ2) is 11.1. The summed E-state index contributed by atoms with van der Waals surface area (Å²) < 4.78 is 25.5. The maximum atomic E-state index is 12.7. The highest BCUT2D eigenvalue weighted by Crippen LogP contribution is 2.34. The summed E-state index contributed by atoms with van der Waals surface area (Å²) >= 11 is 0. The molecule has 0 fully saturated rings. The lowest BCUT2D eigenvalue weighted by atomic mass is 9.87. The number of aliphatic hydroxyl groups is 1. The number of aliphatic carboxylic acids is 1. The first kappa shape index (κ1) is 26.0. The zero-order valence-electron chi connectivity index (χ0n) is 19.1. The fourth-order valence-electron chi connectivity index (χ4n) is 3.54. The van der Waals surface area contributed by atoms with Gasteiger partial charge in [0.1, 0.15) is 19.5 Å². The van der Waals surface area contributed by atoms with Crippen LogP contribution in [-0.2, 0) is 30.5 Å². The van der Waals surface area contributed by atoms with Crippen molar-refractivity contribution in [3.63, 3.8) is 0 Å². The number of carboxylic acid groups (broad SMARTS) is 1. The lowest BCUT2D eigenvalue weighted by Crippen LogP contribution is -2.23. The van der Waals surface area contributed by atoms with Crippen LogP contribution in [0.2, 0.25) is 0 Å². The molecule has 0 saturated carbocycles. The van der Waals surface area contributed by atoms with E-state index in [0.717, 1.165) is 38.8 Å². The first-order valence-electron chi connectivity index (χ1n) is 10.9. The molecule has 2 heterocycles. The highest BCUT2D eigenvalue weighted by molar-refractivity contribution is 7.26. The molecule has 31 heavy (non-hydrogen) atoms. The van der Waals surface area contributed by atoms with Gasteiger partial charge in [-0.25, -0.2) is 0 Å². The van der Waals surface area contributed by atoms with Gasteiger partial charge in [0, 0.05) is 32.3 Å². The average Bonchev–Trinajstić information content (AvgIpc) is 3.23. The van der Waals surface area contributed by atoms with Gasteiger partial charge < -0.3 is 19.3 Å². The third-order valence-electron chi connectivity index (χ3n) is 5.99. The Labute approximate surface area is 191 Å². The first-order valence-corrected chi connectivity index (χ1v) is 13.2. The van der Waals surface area contributed by atoms with Crippen molar-refractivity contribution >= 4 is 27.5 Å². The third kappa shape index (κ3) is 7.39. The molecule has 0 amide bonds. The van der Waals surface area contributed by atoms with E-state index in [9.17, 15) is 24.1 Å². The van der Waals surface area contributed by atoms with Crippen molar-refractivity contribution in [2.75, 3.05) is 6.61 Å². The minimum absolute atomic E-state index is 0.107. The molecule has 2 aromatic rings. The molecule has 0 aliphatic heterocycles. The largest absolute Gasteiger partial charge is 0.590 e. The molecular weight excluding hydrogens is 432 g/mol. The summed E-state index contributed by atoms with van der Waals surface area (Å²) in [5.41, 5.74) is -0.876. The minimum Gasteiger partial charge on any atom is -0.590 e. The summed E-state index contributed by atoms with van der Waals surface area (Å²) in [7, 11) is -2.27. The number of carboxylic acids is 1. The smallest absolute Gasteiger partial charge is 0.309 e. The number of aryl methyl sites for hydroxylation is 4. The lowest BCUT2D eigenvalue weighted by molar-refractivity contribution is -0.147. The molecule has 2 rings (SSSR count). The first-order chi connectivity index (χ1) is 14.5. The van der Waals surface area contributed by atoms with Crippen LogP contribution in [0.4, 0.5) is 0 Å². The Morgan fingerprint density at radius 2 is 1.19 bits per heavy atom. The normalized spacial score (nSPS) is 13.6. The third-order valence-corrected chi connectivity index (χ3v) is 9.26. The van der Waals surface area contributed by atoms with Crippen LogP contribution < -0.4 is 0 Å². The van der Waals surface area contributed by atoms with Gasteiger partial charge in [0.05, 0.1) is 5.41 Å². The van der Waals surface area contributed by atoms with Crippen LogP contribution in [0.3, 0.4) is 0 Å². The Hall–Kier alpha value is -1.25. The molecule has 2 unspecified atom stereocenters. The molecular formula is C24H36O5S2. The predicted octanol–water partition coefficient (Wildman–Crippen LogP) is 5.70. The molecule has 174 valence electrons. The molecule has 0 spiro atoms. The monoisotopic (exact) mass is 468 g/mol. The maximum absolute atomic E-state index is 12.7. The summed E-state index contributed by atoms with van der Waals surface area (Å²) in [6.07, 6.45) is 5.65. The fraction of sp³-hybridized carbons (Fsp3) is 0.625. The number of aliphatic hydroxyl groups excluding tert-OH is 1. The van der Waals surface area contributed by atoms with Gasteiger partial charge in [0.25, 0.3) is 0 Å². The van der Waals surface area contributed by atoms with E-state index in [4.69, 9.17) is 0 Å². The van der Waals surface area contributed by atoms with Gasteiger partial charge in [-0.1, -0.05) is 35.3 Å². The van der Waals surface area contributed by atoms with E-state index in [1.165, 1.54) is 0 Å². The number of hydrogen-bond acceptors (Lipinski definition) is 4. The van der Waals surface area contributed by atoms with Crippen LogP contribution in [0, 0.1) is 10.8 Å². The number of rotatable bonds is 13. The fourth-order valence-corrected chi connectivity index (χ4v) is 6.21. The molecule has 0 aliphatic rings. The van der Waals surface area contributed by atoms with Crippen molar-refractivity contribution in [3.8, 4) is 0 Å². The van der Waals surface area contributed by atoms with E-state index in [0.29, 0.717) is 32.1 Å². The van der Waals surface area contributed by atoms with Crippen molar-refractivity contribution in [2.45, 2.75) is 79.1 Å². The zero-order chi connectivity index (χ0) is 23.2. The summed E-state index contributed by atoms with van der Waals surface area (Å²) in [4.78, 5) is 14.7. The van der Waals surface area contributed by atoms with Gasteiger partial charge in [-0.05, 0) is 69.2 Å². The Morgan fingerprint density at radius 1 is 0.806 bits per heavy atom. The van der Waals surface area contributed by atoms with Crippen molar-refractivity contribution in [2.24, 2.45) is 10.8 Å². The maximum Gasteiger partial charge on any atom is 0.309 e. The van der Waals surface area contributed by atoms with Crippen molar-refractivity contribution in [3.05, 3.63) is 43.8 Å². The van der Waals surface area contributed by atoms with Crippen LogP contribution in [0.15, 0.2) is 24.3 Å². The molecule has 0 aliphatic carbocycles. The molecule has 2 aromatic heterocycles. The lowest BCUT2D eigenvalue weighted by Gasteiger charge is -2.20. The SMILES string of the molecule is CC(C)(CO)CCCc1ccc(CCc2ccc(CCCC(C)(C)C(=O)O)[s+]2[O-])[s+]1[O-]. The molecule has 0 radical (unpaired) electrons. The van der Waals surface area contributed by atoms with Gasteiger partial charge in [0.15, 0.2) is 0 Å². The molecule has 0 saturated heterocycles. The van der Waals surface area contributed by atoms with Crippen LogP contribution >= 0.6 is 21.5 Å². The predicted molar refractivity (Wildman–Crippen MR) is 126 cm³/mol. The second-order valence-corrected chi connectivity index (χ2v) is 13.0. The Balaban J connectivity index is 1.87. The topological polar surface area (TPSA) is 104 Å². The molecule has 0 bridgehead atoms. The van der Waals surface area contributed by atoms with Crippen molar-refractivity contribution in [1.29, 1.82) is 0 Å². The van der Waals surface area contributed by atoms with Gasteiger partial charge >= 0.3 is 5.97 Å². The Bertz CT molecular complexity index is 863. The number of thiophene rings is 2. The van der Waals surface area contributed by atoms with E-state index >= 15 is 0 Å². The van der Waals surface area contributed by atoms with Crippen LogP contribution in [0.1, 0.15) is 72.9 Å². The molecule has 2 N–H and O–H groups in total. The van der Waals surface area contributed by atoms with Gasteiger partial charge in [-0.15, -0.1) is 0 Å². The zero-order valence-corrected chi connectivity index (χ0v) is 20.7. The number of carbonyl (C=O) groups is 1. The molecule has 2 atom stereocenters. The van der Waals surface area contributed by atoms with E-state index in [1.54, 1.807) is 13.8 Å². The summed E-state index contributed by atoms with van der Waals surface area (Å²) in [5, 5.41) is 18.6. The molecule has 0 aromatic carbocycles. The summed E-state index contributed by atoms with van der Waals surface area (Å²) in [6.45, 7) is 7.63. The molecule has 5 nitrogen and oxygen atoms in total. The van der Waals surface area contributed by atoms with E-state index in [1.807, 2.05) is 38.1 Å². The minimum atomic E-state index is -1.17. The highest BCUT2D eigenvalue weighted by Gasteiger charge is 2.27. The van der Waals surface area contributed by atoms with Gasteiger partial charge in [-0.2, -0.15) is 0 Å². The molecule has 7 heteroatoms. The second-order valence-electron chi connectivity index (χ2n) is 9.79. The average molecular weight is 469 g/mol. The van der Waals surface area contributed by atoms with Gasteiger partial charge in [0.2, 0.25) is 0 Å². The van der Waals surface area contributed by atoms with Crippen LogP contribution in [-0.4, -0.2) is 31.9 Å². The Kier molecular flexibility index (Phi) is 9.27. The van der Waals surface area contributed by atoms with Gasteiger partial charge in [-0.3, -0.25) is 4.79 Å². The van der Waals surface area contributed by atoms with E-state index in [2.05, 4.69) is 0 Å². The number of hydrogen-bond donors (Lipinski definition) is 2.